The molecule has 0 saturated carbocycles. The molecule has 0 N–H and O–H groups in total. The lowest BCUT2D eigenvalue weighted by Gasteiger charge is -1.99. The van der Waals surface area contributed by atoms with Gasteiger partial charge in [-0.3, -0.25) is 9.59 Å². The number of Topliss-reactive ketones (excluding diaryl/α,β-unsaturated/α-hetero) is 2. The van der Waals surface area contributed by atoms with Crippen molar-refractivity contribution in [3.05, 3.63) is 0 Å². The number of unbranched alkanes of at least 4 members (excludes halogenated alkanes) is 2. The Kier molecular flexibility index (Phi) is 10.4. The van der Waals surface area contributed by atoms with E-state index in [1.54, 1.807) is 0 Å². The Bertz CT molecular complexity index is 173. The monoisotopic (exact) mass is 252 g/mol. The highest BCUT2D eigenvalue weighted by Gasteiger charge is 2.08. The number of hydrogen-bond donors (Lipinski definition) is 0. The normalized spacial score (nSPS) is 10.3. The molecule has 0 aromatic carbocycles. The molecule has 0 radical (unpaired) electrons. The Morgan fingerprint density at radius 1 is 0.733 bits per heavy atom. The molecule has 0 unspecified atom stereocenters. The first-order chi connectivity index (χ1) is 7.20. The lowest BCUT2D eigenvalue weighted by molar-refractivity contribution is -0.127. The van der Waals surface area contributed by atoms with Gasteiger partial charge < -0.3 is 0 Å². The zero-order chi connectivity index (χ0) is 11.5. The van der Waals surface area contributed by atoms with Crippen molar-refractivity contribution in [2.75, 3.05) is 11.8 Å². The molecule has 0 aliphatic carbocycles. The number of carbonyl (C=O) groups is 2. The molecule has 0 aliphatic rings. The van der Waals surface area contributed by atoms with Gasteiger partial charge in [0.25, 0.3) is 0 Å². The van der Waals surface area contributed by atoms with Gasteiger partial charge in [0.1, 0.15) is 11.6 Å². The van der Waals surface area contributed by atoms with Crippen LogP contribution in [-0.2, 0) is 9.59 Å². The number of ketones is 2. The van der Waals surface area contributed by atoms with Gasteiger partial charge >= 0.3 is 0 Å². The minimum absolute atomic E-state index is 0.0380. The van der Waals surface area contributed by atoms with Crippen molar-refractivity contribution in [1.29, 1.82) is 0 Å². The third-order valence-corrected chi connectivity index (χ3v) is 2.61. The fourth-order valence-electron chi connectivity index (χ4n) is 1.23. The van der Waals surface area contributed by atoms with Crippen molar-refractivity contribution >= 4 is 34.8 Å². The molecule has 0 aromatic rings. The number of hydrogen-bond acceptors (Lipinski definition) is 2. The van der Waals surface area contributed by atoms with Crippen LogP contribution in [-0.4, -0.2) is 23.3 Å². The van der Waals surface area contributed by atoms with Gasteiger partial charge in [0.2, 0.25) is 0 Å². The molecule has 0 heterocycles. The molecule has 88 valence electrons. The standard InChI is InChI=1S/C11H18Cl2O2/c12-7-3-1-5-10(14)9-11(15)6-2-4-8-13/h1-9H2. The second-order valence-corrected chi connectivity index (χ2v) is 4.30. The molecule has 0 rings (SSSR count). The summed E-state index contributed by atoms with van der Waals surface area (Å²) < 4.78 is 0. The number of halogens is 2. The van der Waals surface area contributed by atoms with E-state index in [4.69, 9.17) is 23.2 Å². The van der Waals surface area contributed by atoms with Crippen LogP contribution < -0.4 is 0 Å². The van der Waals surface area contributed by atoms with E-state index in [9.17, 15) is 9.59 Å². The van der Waals surface area contributed by atoms with Crippen molar-refractivity contribution in [2.24, 2.45) is 0 Å². The summed E-state index contributed by atoms with van der Waals surface area (Å²) >= 11 is 11.0. The van der Waals surface area contributed by atoms with Gasteiger partial charge in [-0.15, -0.1) is 23.2 Å². The molecule has 0 aromatic heterocycles. The number of alkyl halides is 2. The van der Waals surface area contributed by atoms with Crippen molar-refractivity contribution < 1.29 is 9.59 Å². The Balaban J connectivity index is 3.45. The summed E-state index contributed by atoms with van der Waals surface area (Å²) in [6.07, 6.45) is 4.31. The van der Waals surface area contributed by atoms with Crippen molar-refractivity contribution in [3.8, 4) is 0 Å². The molecular weight excluding hydrogens is 235 g/mol. The van der Waals surface area contributed by atoms with Gasteiger partial charge in [0.15, 0.2) is 0 Å². The van der Waals surface area contributed by atoms with Crippen molar-refractivity contribution in [3.63, 3.8) is 0 Å². The van der Waals surface area contributed by atoms with Crippen molar-refractivity contribution in [1.82, 2.24) is 0 Å². The summed E-state index contributed by atoms with van der Waals surface area (Å²) in [7, 11) is 0. The Hall–Kier alpha value is -0.0800. The van der Waals surface area contributed by atoms with E-state index >= 15 is 0 Å². The van der Waals surface area contributed by atoms with E-state index in [0.717, 1.165) is 25.7 Å². The molecule has 0 fully saturated rings. The van der Waals surface area contributed by atoms with Gasteiger partial charge in [0.05, 0.1) is 6.42 Å². The van der Waals surface area contributed by atoms with E-state index in [1.165, 1.54) is 0 Å². The van der Waals surface area contributed by atoms with Crippen LogP contribution in [0.2, 0.25) is 0 Å². The van der Waals surface area contributed by atoms with E-state index in [1.807, 2.05) is 0 Å². The summed E-state index contributed by atoms with van der Waals surface area (Å²) in [5.74, 6) is 1.24. The Morgan fingerprint density at radius 2 is 1.13 bits per heavy atom. The van der Waals surface area contributed by atoms with Crippen LogP contribution >= 0.6 is 23.2 Å². The molecule has 0 bridgehead atoms. The van der Waals surface area contributed by atoms with Crippen LogP contribution in [0.1, 0.15) is 44.9 Å². The van der Waals surface area contributed by atoms with E-state index in [-0.39, 0.29) is 18.0 Å². The molecule has 2 nitrogen and oxygen atoms in total. The maximum absolute atomic E-state index is 11.3. The van der Waals surface area contributed by atoms with Gasteiger partial charge in [-0.05, 0) is 25.7 Å². The smallest absolute Gasteiger partial charge is 0.140 e. The Morgan fingerprint density at radius 3 is 1.47 bits per heavy atom. The summed E-state index contributed by atoms with van der Waals surface area (Å²) in [5, 5.41) is 0. The van der Waals surface area contributed by atoms with Gasteiger partial charge in [-0.2, -0.15) is 0 Å². The van der Waals surface area contributed by atoms with Crippen LogP contribution in [0.25, 0.3) is 0 Å². The average molecular weight is 253 g/mol. The zero-order valence-corrected chi connectivity index (χ0v) is 10.4. The summed E-state index contributed by atoms with van der Waals surface area (Å²) in [6.45, 7) is 0. The fraction of sp³-hybridized carbons (Fsp3) is 0.818. The number of rotatable bonds is 10. The minimum atomic E-state index is 0.0380. The average Bonchev–Trinajstić information content (AvgIpc) is 2.18. The first-order valence-corrected chi connectivity index (χ1v) is 6.43. The topological polar surface area (TPSA) is 34.1 Å². The largest absolute Gasteiger partial charge is 0.299 e. The van der Waals surface area contributed by atoms with E-state index in [0.29, 0.717) is 24.6 Å². The lowest BCUT2D eigenvalue weighted by Crippen LogP contribution is -2.07. The molecule has 0 atom stereocenters. The minimum Gasteiger partial charge on any atom is -0.299 e. The molecule has 0 spiro atoms. The lowest BCUT2D eigenvalue weighted by atomic mass is 10.1. The fourth-order valence-corrected chi connectivity index (χ4v) is 1.61. The molecule has 4 heteroatoms. The third-order valence-electron chi connectivity index (χ3n) is 2.07. The maximum Gasteiger partial charge on any atom is 0.140 e. The van der Waals surface area contributed by atoms with E-state index in [2.05, 4.69) is 0 Å². The summed E-state index contributed by atoms with van der Waals surface area (Å²) in [6, 6.07) is 0. The van der Waals surface area contributed by atoms with Gasteiger partial charge in [-0.1, -0.05) is 0 Å². The summed E-state index contributed by atoms with van der Waals surface area (Å²) in [5.41, 5.74) is 0. The van der Waals surface area contributed by atoms with Crippen molar-refractivity contribution in [2.45, 2.75) is 44.9 Å². The zero-order valence-electron chi connectivity index (χ0n) is 8.94. The van der Waals surface area contributed by atoms with Crippen LogP contribution in [0.4, 0.5) is 0 Å². The quantitative estimate of drug-likeness (QED) is 0.340. The predicted molar refractivity (Wildman–Crippen MR) is 63.8 cm³/mol. The van der Waals surface area contributed by atoms with Gasteiger partial charge in [0, 0.05) is 24.6 Å². The van der Waals surface area contributed by atoms with Crippen LogP contribution in [0, 0.1) is 0 Å². The van der Waals surface area contributed by atoms with Crippen LogP contribution in [0.5, 0.6) is 0 Å². The van der Waals surface area contributed by atoms with Gasteiger partial charge in [-0.25, -0.2) is 0 Å². The molecule has 0 saturated heterocycles. The first kappa shape index (κ1) is 14.9. The number of carbonyl (C=O) groups excluding carboxylic acids is 2. The molecule has 0 amide bonds. The highest BCUT2D eigenvalue weighted by Crippen LogP contribution is 2.05. The highest BCUT2D eigenvalue weighted by molar-refractivity contribution is 6.18. The molecular formula is C11H18Cl2O2. The SMILES string of the molecule is O=C(CCCCCl)CC(=O)CCCCCl. The second kappa shape index (κ2) is 10.4. The molecule has 15 heavy (non-hydrogen) atoms. The second-order valence-electron chi connectivity index (χ2n) is 3.55. The van der Waals surface area contributed by atoms with Crippen LogP contribution in [0.15, 0.2) is 0 Å². The first-order valence-electron chi connectivity index (χ1n) is 5.36. The Labute approximate surface area is 101 Å². The van der Waals surface area contributed by atoms with Crippen LogP contribution in [0.3, 0.4) is 0 Å². The molecule has 0 aliphatic heterocycles. The summed E-state index contributed by atoms with van der Waals surface area (Å²) in [4.78, 5) is 22.5. The predicted octanol–water partition coefficient (Wildman–Crippen LogP) is 3.33. The highest BCUT2D eigenvalue weighted by atomic mass is 35.5. The third kappa shape index (κ3) is 10.2. The maximum atomic E-state index is 11.3. The van der Waals surface area contributed by atoms with E-state index < -0.39 is 0 Å².